The monoisotopic (exact) mass is 472 g/mol. The summed E-state index contributed by atoms with van der Waals surface area (Å²) in [5.41, 5.74) is 2.88. The zero-order chi connectivity index (χ0) is 24.2. The lowest BCUT2D eigenvalue weighted by molar-refractivity contribution is -0.135. The van der Waals surface area contributed by atoms with Gasteiger partial charge in [-0.3, -0.25) is 4.79 Å². The number of aromatic nitrogens is 3. The number of rotatable bonds is 6. The van der Waals surface area contributed by atoms with Crippen LogP contribution in [0.5, 0.6) is 0 Å². The summed E-state index contributed by atoms with van der Waals surface area (Å²) >= 11 is 0. The van der Waals surface area contributed by atoms with Gasteiger partial charge in [-0.15, -0.1) is 0 Å². The Morgan fingerprint density at radius 2 is 1.77 bits per heavy atom. The van der Waals surface area contributed by atoms with Crippen LogP contribution in [0.15, 0.2) is 66.9 Å². The van der Waals surface area contributed by atoms with E-state index in [2.05, 4.69) is 5.10 Å². The van der Waals surface area contributed by atoms with E-state index in [1.807, 2.05) is 30.3 Å². The number of piperidine rings is 1. The second-order valence-electron chi connectivity index (χ2n) is 8.61. The van der Waals surface area contributed by atoms with Crippen molar-refractivity contribution in [3.63, 3.8) is 0 Å². The Balaban J connectivity index is 1.47. The molecule has 1 saturated heterocycles. The standard InChI is InChI=1S/C27H25FN4O3/c28-21-11-7-8-19(14-21)17-32-26-23(16-29-32)22(15-24(30-26)20-9-3-1-4-10-20)27(34)35-18-25(33)31-12-5-2-6-13-31/h1,3-4,7-11,14-16H,2,5-6,12-13,17-18H2. The average Bonchev–Trinajstić information content (AvgIpc) is 3.30. The fourth-order valence-corrected chi connectivity index (χ4v) is 4.34. The fraction of sp³-hybridized carbons (Fsp3) is 0.259. The quantitative estimate of drug-likeness (QED) is 0.388. The van der Waals surface area contributed by atoms with Crippen molar-refractivity contribution < 1.29 is 18.7 Å². The van der Waals surface area contributed by atoms with Crippen LogP contribution in [-0.4, -0.2) is 51.2 Å². The number of carbonyl (C=O) groups excluding carboxylic acids is 2. The van der Waals surface area contributed by atoms with Crippen LogP contribution >= 0.6 is 0 Å². The summed E-state index contributed by atoms with van der Waals surface area (Å²) < 4.78 is 20.8. The minimum Gasteiger partial charge on any atom is -0.452 e. The van der Waals surface area contributed by atoms with Gasteiger partial charge in [-0.2, -0.15) is 5.10 Å². The number of hydrogen-bond donors (Lipinski definition) is 0. The Hall–Kier alpha value is -4.07. The van der Waals surface area contributed by atoms with Crippen molar-refractivity contribution in [3.05, 3.63) is 83.8 Å². The highest BCUT2D eigenvalue weighted by Crippen LogP contribution is 2.26. The van der Waals surface area contributed by atoms with Crippen molar-refractivity contribution >= 4 is 22.9 Å². The zero-order valence-electron chi connectivity index (χ0n) is 19.2. The Labute approximate surface area is 202 Å². The third kappa shape index (κ3) is 5.06. The van der Waals surface area contributed by atoms with Gasteiger partial charge in [0.25, 0.3) is 5.91 Å². The number of benzene rings is 2. The molecule has 0 aliphatic carbocycles. The van der Waals surface area contributed by atoms with E-state index in [0.29, 0.717) is 29.8 Å². The van der Waals surface area contributed by atoms with Gasteiger partial charge in [-0.05, 0) is 43.0 Å². The van der Waals surface area contributed by atoms with Gasteiger partial charge in [-0.25, -0.2) is 18.9 Å². The lowest BCUT2D eigenvalue weighted by Gasteiger charge is -2.26. The van der Waals surface area contributed by atoms with Crippen molar-refractivity contribution in [2.75, 3.05) is 19.7 Å². The normalized spacial score (nSPS) is 13.7. The molecule has 8 heteroatoms. The summed E-state index contributed by atoms with van der Waals surface area (Å²) in [6, 6.07) is 17.4. The number of halogens is 1. The first-order valence-corrected chi connectivity index (χ1v) is 11.7. The summed E-state index contributed by atoms with van der Waals surface area (Å²) in [5.74, 6) is -1.13. The van der Waals surface area contributed by atoms with E-state index < -0.39 is 5.97 Å². The van der Waals surface area contributed by atoms with E-state index >= 15 is 0 Å². The minimum atomic E-state index is -0.606. The molecular weight excluding hydrogens is 447 g/mol. The van der Waals surface area contributed by atoms with Crippen molar-refractivity contribution in [2.24, 2.45) is 0 Å². The predicted molar refractivity (Wildman–Crippen MR) is 129 cm³/mol. The molecule has 0 bridgehead atoms. The van der Waals surface area contributed by atoms with E-state index in [1.165, 1.54) is 12.1 Å². The molecule has 1 fully saturated rings. The van der Waals surface area contributed by atoms with Crippen molar-refractivity contribution in [1.29, 1.82) is 0 Å². The molecule has 1 amide bonds. The smallest absolute Gasteiger partial charge is 0.339 e. The summed E-state index contributed by atoms with van der Waals surface area (Å²) in [5, 5.41) is 4.93. The first kappa shape index (κ1) is 22.7. The number of fused-ring (bicyclic) bond motifs is 1. The van der Waals surface area contributed by atoms with Gasteiger partial charge in [0.05, 0.1) is 29.4 Å². The average molecular weight is 473 g/mol. The van der Waals surface area contributed by atoms with Crippen LogP contribution in [-0.2, 0) is 16.1 Å². The van der Waals surface area contributed by atoms with E-state index in [9.17, 15) is 14.0 Å². The van der Waals surface area contributed by atoms with E-state index in [0.717, 1.165) is 30.4 Å². The van der Waals surface area contributed by atoms with Gasteiger partial charge >= 0.3 is 5.97 Å². The van der Waals surface area contributed by atoms with Gasteiger partial charge in [-0.1, -0.05) is 42.5 Å². The van der Waals surface area contributed by atoms with Crippen LogP contribution in [0.2, 0.25) is 0 Å². The van der Waals surface area contributed by atoms with Crippen molar-refractivity contribution in [2.45, 2.75) is 25.8 Å². The van der Waals surface area contributed by atoms with E-state index in [4.69, 9.17) is 9.72 Å². The predicted octanol–water partition coefficient (Wildman–Crippen LogP) is 4.46. The molecule has 5 rings (SSSR count). The van der Waals surface area contributed by atoms with Crippen LogP contribution < -0.4 is 0 Å². The van der Waals surface area contributed by atoms with Gasteiger partial charge < -0.3 is 9.64 Å². The lowest BCUT2D eigenvalue weighted by Crippen LogP contribution is -2.38. The zero-order valence-corrected chi connectivity index (χ0v) is 19.2. The van der Waals surface area contributed by atoms with Gasteiger partial charge in [0.2, 0.25) is 0 Å². The van der Waals surface area contributed by atoms with Crippen LogP contribution in [0.25, 0.3) is 22.3 Å². The van der Waals surface area contributed by atoms with Crippen molar-refractivity contribution in [3.8, 4) is 11.3 Å². The number of carbonyl (C=O) groups is 2. The molecule has 0 atom stereocenters. The molecule has 178 valence electrons. The Morgan fingerprint density at radius 3 is 2.54 bits per heavy atom. The second-order valence-corrected chi connectivity index (χ2v) is 8.61. The van der Waals surface area contributed by atoms with Crippen LogP contribution in [0.1, 0.15) is 35.2 Å². The molecule has 35 heavy (non-hydrogen) atoms. The molecule has 0 saturated carbocycles. The summed E-state index contributed by atoms with van der Waals surface area (Å²) in [6.07, 6.45) is 4.60. The topological polar surface area (TPSA) is 77.3 Å². The molecule has 2 aromatic carbocycles. The fourth-order valence-electron chi connectivity index (χ4n) is 4.34. The highest BCUT2D eigenvalue weighted by molar-refractivity contribution is 6.04. The molecule has 0 unspecified atom stereocenters. The molecule has 1 aliphatic heterocycles. The summed E-state index contributed by atoms with van der Waals surface area (Å²) in [7, 11) is 0. The Bertz CT molecular complexity index is 1360. The third-order valence-corrected chi connectivity index (χ3v) is 6.16. The molecule has 2 aromatic heterocycles. The van der Waals surface area contributed by atoms with Gasteiger partial charge in [0.15, 0.2) is 12.3 Å². The molecule has 4 aromatic rings. The molecule has 0 spiro atoms. The van der Waals surface area contributed by atoms with E-state index in [-0.39, 0.29) is 30.4 Å². The van der Waals surface area contributed by atoms with Crippen LogP contribution in [0.4, 0.5) is 4.39 Å². The highest BCUT2D eigenvalue weighted by Gasteiger charge is 2.22. The number of amides is 1. The number of nitrogens with zero attached hydrogens (tertiary/aromatic N) is 4. The summed E-state index contributed by atoms with van der Waals surface area (Å²) in [6.45, 7) is 1.37. The maximum Gasteiger partial charge on any atom is 0.339 e. The Kier molecular flexibility index (Phi) is 6.52. The molecule has 3 heterocycles. The van der Waals surface area contributed by atoms with Crippen LogP contribution in [0, 0.1) is 5.82 Å². The number of likely N-dealkylation sites (tertiary alicyclic amines) is 1. The minimum absolute atomic E-state index is 0.187. The highest BCUT2D eigenvalue weighted by atomic mass is 19.1. The lowest BCUT2D eigenvalue weighted by atomic mass is 10.1. The maximum absolute atomic E-state index is 13.7. The second kappa shape index (κ2) is 10.0. The third-order valence-electron chi connectivity index (χ3n) is 6.16. The molecule has 0 radical (unpaired) electrons. The van der Waals surface area contributed by atoms with Crippen molar-refractivity contribution in [1.82, 2.24) is 19.7 Å². The largest absolute Gasteiger partial charge is 0.452 e. The molecule has 7 nitrogen and oxygen atoms in total. The first-order valence-electron chi connectivity index (χ1n) is 11.7. The number of hydrogen-bond acceptors (Lipinski definition) is 5. The van der Waals surface area contributed by atoms with Gasteiger partial charge in [0.1, 0.15) is 5.82 Å². The molecule has 0 N–H and O–H groups in total. The number of ether oxygens (including phenoxy) is 1. The van der Waals surface area contributed by atoms with Crippen LogP contribution in [0.3, 0.4) is 0 Å². The molecular formula is C27H25FN4O3. The maximum atomic E-state index is 13.7. The first-order chi connectivity index (χ1) is 17.1. The number of pyridine rings is 1. The molecule has 1 aliphatic rings. The number of esters is 1. The van der Waals surface area contributed by atoms with E-state index in [1.54, 1.807) is 34.0 Å². The van der Waals surface area contributed by atoms with Gasteiger partial charge in [0, 0.05) is 18.7 Å². The Morgan fingerprint density at radius 1 is 0.971 bits per heavy atom. The summed E-state index contributed by atoms with van der Waals surface area (Å²) in [4.78, 5) is 32.1. The SMILES string of the molecule is O=C(OCC(=O)N1CCCCC1)c1cc(-c2ccccc2)nc2c1cnn2Cc1cccc(F)c1.